The van der Waals surface area contributed by atoms with Crippen molar-refractivity contribution >= 4 is 26.3 Å². The summed E-state index contributed by atoms with van der Waals surface area (Å²) in [7, 11) is 0. The number of halogens is 1. The molecule has 0 spiro atoms. The van der Waals surface area contributed by atoms with Gasteiger partial charge in [-0.3, -0.25) is 0 Å². The molecular formula is C15H24IP. The fraction of sp³-hybridized carbons (Fsp3) is 0.467. The van der Waals surface area contributed by atoms with Crippen molar-refractivity contribution in [3.05, 3.63) is 48.6 Å². The van der Waals surface area contributed by atoms with E-state index < -0.39 is 4.25 Å². The van der Waals surface area contributed by atoms with Crippen molar-refractivity contribution in [2.24, 2.45) is 0 Å². The molecule has 0 saturated carbocycles. The predicted molar refractivity (Wildman–Crippen MR) is 91.9 cm³/mol. The van der Waals surface area contributed by atoms with Gasteiger partial charge in [0.25, 0.3) is 0 Å². The standard InChI is InChI=1S/C15H24IP/c1-5-15(14-12-10-9-11-13-14)17(16,6-2,7-3)8-4/h5,9-13,15H,1,6-8H2,2-4H3. The number of hydrogen-bond acceptors (Lipinski definition) is 0. The molecule has 0 N–H and O–H groups in total. The Labute approximate surface area is 119 Å². The van der Waals surface area contributed by atoms with Crippen LogP contribution >= 0.6 is 26.3 Å². The zero-order valence-corrected chi connectivity index (χ0v) is 14.2. The molecule has 96 valence electrons. The average molecular weight is 362 g/mol. The van der Waals surface area contributed by atoms with Gasteiger partial charge in [-0.05, 0) is 0 Å². The summed E-state index contributed by atoms with van der Waals surface area (Å²) in [6.07, 6.45) is 6.08. The average Bonchev–Trinajstić information content (AvgIpc) is 2.41. The fourth-order valence-corrected chi connectivity index (χ4v) is 8.30. The van der Waals surface area contributed by atoms with Crippen molar-refractivity contribution in [2.45, 2.75) is 26.4 Å². The van der Waals surface area contributed by atoms with E-state index in [0.717, 1.165) is 0 Å². The number of hydrogen-bond donors (Lipinski definition) is 0. The second-order valence-electron chi connectivity index (χ2n) is 4.71. The van der Waals surface area contributed by atoms with Gasteiger partial charge in [0.1, 0.15) is 0 Å². The molecule has 0 aliphatic carbocycles. The molecule has 0 aromatic heterocycles. The molecule has 1 aromatic carbocycles. The van der Waals surface area contributed by atoms with E-state index in [1.165, 1.54) is 24.0 Å². The molecule has 0 nitrogen and oxygen atoms in total. The van der Waals surface area contributed by atoms with Crippen LogP contribution in [-0.2, 0) is 0 Å². The Hall–Kier alpha value is 0.120. The molecule has 1 atom stereocenters. The van der Waals surface area contributed by atoms with Crippen LogP contribution in [0.25, 0.3) is 0 Å². The molecule has 0 heterocycles. The zero-order valence-electron chi connectivity index (χ0n) is 11.2. The fourth-order valence-electron chi connectivity index (χ4n) is 2.68. The van der Waals surface area contributed by atoms with Gasteiger partial charge >= 0.3 is 120 Å². The topological polar surface area (TPSA) is 0 Å². The van der Waals surface area contributed by atoms with E-state index >= 15 is 0 Å². The molecule has 1 rings (SSSR count). The van der Waals surface area contributed by atoms with E-state index in [1.54, 1.807) is 0 Å². The Morgan fingerprint density at radius 2 is 1.59 bits per heavy atom. The summed E-state index contributed by atoms with van der Waals surface area (Å²) in [6.45, 7) is 11.2. The van der Waals surface area contributed by atoms with Crippen LogP contribution in [0.4, 0.5) is 0 Å². The molecule has 0 radical (unpaired) electrons. The summed E-state index contributed by atoms with van der Waals surface area (Å²) in [5.74, 6) is 0. The van der Waals surface area contributed by atoms with Crippen molar-refractivity contribution < 1.29 is 0 Å². The summed E-state index contributed by atoms with van der Waals surface area (Å²) in [4.78, 5) is 0. The van der Waals surface area contributed by atoms with Crippen LogP contribution in [0, 0.1) is 0 Å². The molecule has 0 amide bonds. The van der Waals surface area contributed by atoms with Crippen molar-refractivity contribution in [2.75, 3.05) is 18.5 Å². The molecule has 1 unspecified atom stereocenters. The summed E-state index contributed by atoms with van der Waals surface area (Å²) < 4.78 is -1.72. The molecule has 0 aliphatic rings. The number of allylic oxidation sites excluding steroid dienone is 1. The Bertz CT molecular complexity index is 357. The Kier molecular flexibility index (Phi) is 5.21. The summed E-state index contributed by atoms with van der Waals surface area (Å²) in [5.41, 5.74) is 1.99. The molecule has 0 bridgehead atoms. The van der Waals surface area contributed by atoms with Gasteiger partial charge in [0.05, 0.1) is 0 Å². The second kappa shape index (κ2) is 5.84. The van der Waals surface area contributed by atoms with Gasteiger partial charge in [-0.1, -0.05) is 0 Å². The Morgan fingerprint density at radius 1 is 1.12 bits per heavy atom. The molecule has 0 saturated heterocycles. The van der Waals surface area contributed by atoms with Gasteiger partial charge in [-0.2, -0.15) is 0 Å². The third kappa shape index (κ3) is 2.76. The Balaban J connectivity index is 3.30. The van der Waals surface area contributed by atoms with Gasteiger partial charge in [0, 0.05) is 0 Å². The van der Waals surface area contributed by atoms with Gasteiger partial charge in [0.15, 0.2) is 0 Å². The van der Waals surface area contributed by atoms with Crippen molar-refractivity contribution in [1.29, 1.82) is 0 Å². The van der Waals surface area contributed by atoms with Crippen LogP contribution in [0.5, 0.6) is 0 Å². The summed E-state index contributed by atoms with van der Waals surface area (Å²) in [6, 6.07) is 10.9. The van der Waals surface area contributed by atoms with Gasteiger partial charge < -0.3 is 0 Å². The van der Waals surface area contributed by atoms with Gasteiger partial charge in [0.2, 0.25) is 0 Å². The van der Waals surface area contributed by atoms with Crippen LogP contribution in [-0.4, -0.2) is 18.5 Å². The zero-order chi connectivity index (χ0) is 13.0. The third-order valence-electron chi connectivity index (χ3n) is 4.31. The van der Waals surface area contributed by atoms with E-state index in [1.807, 2.05) is 0 Å². The van der Waals surface area contributed by atoms with E-state index in [4.69, 9.17) is 0 Å². The first-order valence-electron chi connectivity index (χ1n) is 6.44. The van der Waals surface area contributed by atoms with Crippen LogP contribution in [0.2, 0.25) is 0 Å². The summed E-state index contributed by atoms with van der Waals surface area (Å²) >= 11 is 2.82. The second-order valence-corrected chi connectivity index (χ2v) is 18.3. The van der Waals surface area contributed by atoms with E-state index in [9.17, 15) is 0 Å². The van der Waals surface area contributed by atoms with Crippen LogP contribution in [0.1, 0.15) is 32.0 Å². The predicted octanol–water partition coefficient (Wildman–Crippen LogP) is 5.88. The minimum absolute atomic E-state index is 0.544. The minimum atomic E-state index is -1.72. The first-order valence-corrected chi connectivity index (χ1v) is 12.1. The molecule has 2 heteroatoms. The van der Waals surface area contributed by atoms with E-state index in [-0.39, 0.29) is 0 Å². The monoisotopic (exact) mass is 362 g/mol. The first-order chi connectivity index (χ1) is 8.04. The molecule has 0 fully saturated rings. The summed E-state index contributed by atoms with van der Waals surface area (Å²) in [5, 5.41) is 0. The Morgan fingerprint density at radius 3 is 1.94 bits per heavy atom. The SMILES string of the molecule is C=CC(c1ccccc1)P(I)(CC)(CC)CC. The maximum absolute atomic E-state index is 4.12. The van der Waals surface area contributed by atoms with Crippen molar-refractivity contribution in [3.8, 4) is 0 Å². The van der Waals surface area contributed by atoms with Crippen LogP contribution in [0.15, 0.2) is 43.0 Å². The van der Waals surface area contributed by atoms with Crippen LogP contribution in [0.3, 0.4) is 0 Å². The molecule has 17 heavy (non-hydrogen) atoms. The number of rotatable bonds is 6. The van der Waals surface area contributed by atoms with Crippen molar-refractivity contribution in [1.82, 2.24) is 0 Å². The quantitative estimate of drug-likeness (QED) is 0.337. The van der Waals surface area contributed by atoms with E-state index in [2.05, 4.69) is 85.8 Å². The molecule has 0 aliphatic heterocycles. The van der Waals surface area contributed by atoms with Crippen molar-refractivity contribution in [3.63, 3.8) is 0 Å². The van der Waals surface area contributed by atoms with Gasteiger partial charge in [-0.25, -0.2) is 0 Å². The molecular weight excluding hydrogens is 338 g/mol. The molecule has 1 aromatic rings. The van der Waals surface area contributed by atoms with Gasteiger partial charge in [-0.15, -0.1) is 0 Å². The number of benzene rings is 1. The van der Waals surface area contributed by atoms with E-state index in [0.29, 0.717) is 5.66 Å². The van der Waals surface area contributed by atoms with Crippen LogP contribution < -0.4 is 0 Å². The maximum atomic E-state index is 4.12. The first kappa shape index (κ1) is 15.2. The normalized spacial score (nSPS) is 15.9. The third-order valence-corrected chi connectivity index (χ3v) is 18.6.